The second kappa shape index (κ2) is 5.96. The molecular weight excluding hydrogens is 286 g/mol. The van der Waals surface area contributed by atoms with Gasteiger partial charge in [-0.15, -0.1) is 0 Å². The van der Waals surface area contributed by atoms with Crippen LogP contribution in [0.3, 0.4) is 0 Å². The average Bonchev–Trinajstić information content (AvgIpc) is 2.94. The van der Waals surface area contributed by atoms with Crippen molar-refractivity contribution in [2.45, 2.75) is 50.8 Å². The van der Waals surface area contributed by atoms with Gasteiger partial charge in [-0.25, -0.2) is 0 Å². The fraction of sp³-hybridized carbons (Fsp3) is 0.562. The monoisotopic (exact) mass is 308 g/mol. The Bertz CT molecular complexity index is 545. The van der Waals surface area contributed by atoms with Crippen molar-refractivity contribution in [1.29, 1.82) is 0 Å². The smallest absolute Gasteiger partial charge is 0.224 e. The Morgan fingerprint density at radius 2 is 1.91 bits per heavy atom. The largest absolute Gasteiger partial charge is 0.353 e. The number of rotatable bonds is 4. The lowest BCUT2D eigenvalue weighted by Crippen LogP contribution is -2.33. The van der Waals surface area contributed by atoms with Crippen molar-refractivity contribution in [3.63, 3.8) is 0 Å². The van der Waals surface area contributed by atoms with Crippen molar-refractivity contribution in [1.82, 2.24) is 0 Å². The Morgan fingerprint density at radius 3 is 2.59 bits per heavy atom. The lowest BCUT2D eigenvalue weighted by Gasteiger charge is -2.21. The number of nitrogens with zero attached hydrogens (tertiary/aromatic N) is 1. The van der Waals surface area contributed by atoms with E-state index in [0.29, 0.717) is 6.54 Å². The van der Waals surface area contributed by atoms with Crippen LogP contribution in [0.1, 0.15) is 19.4 Å². The molecular formula is C16H22NO5+. The summed E-state index contributed by atoms with van der Waals surface area (Å²) < 4.78 is 23.9. The third-order valence-electron chi connectivity index (χ3n) is 3.79. The summed E-state index contributed by atoms with van der Waals surface area (Å²) in [6.45, 7) is 4.09. The third-order valence-corrected chi connectivity index (χ3v) is 3.79. The molecule has 0 aromatic heterocycles. The minimum atomic E-state index is -0.679. The number of hydrogen-bond donors (Lipinski definition) is 1. The molecule has 0 radical (unpaired) electrons. The summed E-state index contributed by atoms with van der Waals surface area (Å²) in [5.74, 6) is -0.679. The molecule has 0 amide bonds. The van der Waals surface area contributed by atoms with Gasteiger partial charge in [-0.05, 0) is 18.6 Å². The molecule has 2 saturated heterocycles. The van der Waals surface area contributed by atoms with Crippen LogP contribution < -0.4 is 0 Å². The molecule has 0 unspecified atom stereocenters. The molecule has 1 aromatic carbocycles. The van der Waals surface area contributed by atoms with E-state index in [9.17, 15) is 5.21 Å². The van der Waals surface area contributed by atoms with Crippen LogP contribution in [0.4, 0.5) is 0 Å². The lowest BCUT2D eigenvalue weighted by atomic mass is 10.1. The summed E-state index contributed by atoms with van der Waals surface area (Å²) in [6, 6.07) is 9.71. The van der Waals surface area contributed by atoms with Crippen LogP contribution in [0.5, 0.6) is 0 Å². The maximum atomic E-state index is 10.1. The summed E-state index contributed by atoms with van der Waals surface area (Å²) in [7, 11) is 1.57. The van der Waals surface area contributed by atoms with Crippen LogP contribution in [0, 0.1) is 0 Å². The van der Waals surface area contributed by atoms with Crippen molar-refractivity contribution in [2.24, 2.45) is 0 Å². The van der Waals surface area contributed by atoms with E-state index in [1.807, 2.05) is 44.2 Å². The highest BCUT2D eigenvalue weighted by molar-refractivity contribution is 5.59. The Morgan fingerprint density at radius 1 is 1.23 bits per heavy atom. The van der Waals surface area contributed by atoms with Gasteiger partial charge < -0.3 is 18.9 Å². The van der Waals surface area contributed by atoms with Gasteiger partial charge in [0.1, 0.15) is 12.2 Å². The molecule has 0 saturated carbocycles. The summed E-state index contributed by atoms with van der Waals surface area (Å²) in [4.78, 5) is 0. The van der Waals surface area contributed by atoms with Crippen molar-refractivity contribution in [3.8, 4) is 0 Å². The highest BCUT2D eigenvalue weighted by atomic mass is 16.8. The third kappa shape index (κ3) is 3.15. The molecule has 2 heterocycles. The number of methoxy groups -OCH3 is 1. The molecule has 2 aliphatic heterocycles. The molecule has 3 rings (SSSR count). The minimum absolute atomic E-state index is 0.300. The zero-order valence-electron chi connectivity index (χ0n) is 13.0. The molecule has 0 aliphatic carbocycles. The van der Waals surface area contributed by atoms with E-state index in [1.165, 1.54) is 0 Å². The Kier molecular flexibility index (Phi) is 4.18. The standard InChI is InChI=1S/C16H22NO5/c1-16(2)21-13-12(20-15(19-3)14(13)22-16)10-17(18)9-11-7-5-4-6-8-11/h4-8,10,12-15,18H,9H2,1-3H3/q+1/b17-10+/t12-,13-,14-,15-/m1/s1. The SMILES string of the molecule is CO[C@@H]1O[C@H](/C=[N+](/O)Cc2ccccc2)[C@H]2OC(C)(C)O[C@@H]12. The van der Waals surface area contributed by atoms with Gasteiger partial charge in [0.15, 0.2) is 18.2 Å². The van der Waals surface area contributed by atoms with Crippen molar-refractivity contribution >= 4 is 6.21 Å². The van der Waals surface area contributed by atoms with E-state index in [0.717, 1.165) is 10.3 Å². The van der Waals surface area contributed by atoms with Crippen molar-refractivity contribution in [2.75, 3.05) is 7.11 Å². The predicted octanol–water partition coefficient (Wildman–Crippen LogP) is 1.55. The van der Waals surface area contributed by atoms with E-state index >= 15 is 0 Å². The molecule has 2 fully saturated rings. The van der Waals surface area contributed by atoms with Crippen LogP contribution in [-0.4, -0.2) is 53.7 Å². The van der Waals surface area contributed by atoms with E-state index in [4.69, 9.17) is 18.9 Å². The van der Waals surface area contributed by atoms with Crippen molar-refractivity contribution < 1.29 is 28.9 Å². The molecule has 0 spiro atoms. The summed E-state index contributed by atoms with van der Waals surface area (Å²) in [5, 5.41) is 10.1. The molecule has 120 valence electrons. The molecule has 6 nitrogen and oxygen atoms in total. The number of hydroxylamine groups is 1. The lowest BCUT2D eigenvalue weighted by molar-refractivity contribution is -0.785. The maximum Gasteiger partial charge on any atom is 0.224 e. The van der Waals surface area contributed by atoms with Gasteiger partial charge in [-0.1, -0.05) is 30.3 Å². The second-order valence-corrected chi connectivity index (χ2v) is 6.00. The first-order valence-corrected chi connectivity index (χ1v) is 7.37. The van der Waals surface area contributed by atoms with Gasteiger partial charge >= 0.3 is 0 Å². The number of ether oxygens (including phenoxy) is 4. The first kappa shape index (κ1) is 15.4. The van der Waals surface area contributed by atoms with E-state index in [-0.39, 0.29) is 12.2 Å². The minimum Gasteiger partial charge on any atom is -0.353 e. The highest BCUT2D eigenvalue weighted by Gasteiger charge is 2.56. The first-order valence-electron chi connectivity index (χ1n) is 7.37. The van der Waals surface area contributed by atoms with E-state index in [1.54, 1.807) is 13.3 Å². The first-order chi connectivity index (χ1) is 10.5. The maximum absolute atomic E-state index is 10.1. The van der Waals surface area contributed by atoms with Crippen LogP contribution >= 0.6 is 0 Å². The van der Waals surface area contributed by atoms with Crippen LogP contribution in [-0.2, 0) is 25.5 Å². The van der Waals surface area contributed by atoms with Crippen LogP contribution in [0.2, 0.25) is 0 Å². The van der Waals surface area contributed by atoms with Gasteiger partial charge in [0.25, 0.3) is 0 Å². The van der Waals surface area contributed by atoms with Gasteiger partial charge in [0.2, 0.25) is 12.8 Å². The normalized spacial score (nSPS) is 33.9. The van der Waals surface area contributed by atoms with Crippen LogP contribution in [0.15, 0.2) is 30.3 Å². The molecule has 4 atom stereocenters. The highest BCUT2D eigenvalue weighted by Crippen LogP contribution is 2.38. The number of benzene rings is 1. The Labute approximate surface area is 129 Å². The zero-order valence-corrected chi connectivity index (χ0v) is 13.0. The summed E-state index contributed by atoms with van der Waals surface area (Å²) >= 11 is 0. The second-order valence-electron chi connectivity index (χ2n) is 6.00. The van der Waals surface area contributed by atoms with Gasteiger partial charge in [0, 0.05) is 12.7 Å². The van der Waals surface area contributed by atoms with Gasteiger partial charge in [0.05, 0.1) is 0 Å². The fourth-order valence-electron chi connectivity index (χ4n) is 2.89. The summed E-state index contributed by atoms with van der Waals surface area (Å²) in [6.07, 6.45) is 0.0781. The van der Waals surface area contributed by atoms with Gasteiger partial charge in [-0.2, -0.15) is 0 Å². The number of fused-ring (bicyclic) bond motifs is 1. The Hall–Kier alpha value is -1.47. The van der Waals surface area contributed by atoms with Crippen LogP contribution in [0.25, 0.3) is 0 Å². The number of hydrogen-bond acceptors (Lipinski definition) is 5. The topological polar surface area (TPSA) is 60.2 Å². The quantitative estimate of drug-likeness (QED) is 0.396. The predicted molar refractivity (Wildman–Crippen MR) is 77.8 cm³/mol. The van der Waals surface area contributed by atoms with E-state index in [2.05, 4.69) is 0 Å². The molecule has 0 bridgehead atoms. The molecule has 6 heteroatoms. The van der Waals surface area contributed by atoms with Gasteiger partial charge in [-0.3, -0.25) is 5.21 Å². The van der Waals surface area contributed by atoms with E-state index < -0.39 is 18.2 Å². The summed E-state index contributed by atoms with van der Waals surface area (Å²) in [5.41, 5.74) is 1.00. The fourth-order valence-corrected chi connectivity index (χ4v) is 2.89. The zero-order chi connectivity index (χ0) is 15.7. The molecule has 1 aromatic rings. The molecule has 2 aliphatic rings. The molecule has 1 N–H and O–H groups in total. The Balaban J connectivity index is 1.72. The average molecular weight is 308 g/mol. The van der Waals surface area contributed by atoms with Crippen molar-refractivity contribution in [3.05, 3.63) is 35.9 Å². The molecule has 22 heavy (non-hydrogen) atoms.